The summed E-state index contributed by atoms with van der Waals surface area (Å²) in [5, 5.41) is 6.31. The molecule has 0 aromatic heterocycles. The van der Waals surface area contributed by atoms with Gasteiger partial charge in [-0.1, -0.05) is 25.1 Å². The molecule has 5 heteroatoms. The molecule has 1 saturated heterocycles. The highest BCUT2D eigenvalue weighted by Crippen LogP contribution is 2.19. The van der Waals surface area contributed by atoms with Crippen molar-refractivity contribution in [2.45, 2.75) is 26.3 Å². The fourth-order valence-electron chi connectivity index (χ4n) is 2.24. The van der Waals surface area contributed by atoms with E-state index in [1.165, 1.54) is 0 Å². The molecule has 0 saturated carbocycles. The zero-order valence-electron chi connectivity index (χ0n) is 11.9. The number of carbonyl (C=O) groups is 1. The second kappa shape index (κ2) is 8.95. The van der Waals surface area contributed by atoms with E-state index in [0.29, 0.717) is 6.61 Å². The molecule has 2 N–H and O–H groups in total. The fraction of sp³-hybridized carbons (Fsp3) is 0.533. The molecule has 1 unspecified atom stereocenters. The lowest BCUT2D eigenvalue weighted by molar-refractivity contribution is -0.123. The van der Waals surface area contributed by atoms with Crippen LogP contribution >= 0.6 is 12.4 Å². The van der Waals surface area contributed by atoms with Crippen LogP contribution in [-0.4, -0.2) is 25.7 Å². The third kappa shape index (κ3) is 4.78. The molecule has 0 spiro atoms. The van der Waals surface area contributed by atoms with Crippen LogP contribution in [0.2, 0.25) is 0 Å². The Kier molecular flexibility index (Phi) is 7.59. The van der Waals surface area contributed by atoms with E-state index in [4.69, 9.17) is 4.74 Å². The first-order valence-electron chi connectivity index (χ1n) is 6.98. The van der Waals surface area contributed by atoms with Gasteiger partial charge in [0.25, 0.3) is 0 Å². The van der Waals surface area contributed by atoms with E-state index in [0.717, 1.165) is 43.8 Å². The SMILES string of the molecule is CCNCc1ccccc1NC(=O)C1CCCOC1.Cl. The maximum Gasteiger partial charge on any atom is 0.229 e. The zero-order chi connectivity index (χ0) is 13.5. The molecule has 112 valence electrons. The van der Waals surface area contributed by atoms with E-state index < -0.39 is 0 Å². The van der Waals surface area contributed by atoms with Gasteiger partial charge in [-0.05, 0) is 31.0 Å². The first-order valence-corrected chi connectivity index (χ1v) is 6.98. The average Bonchev–Trinajstić information content (AvgIpc) is 2.47. The second-order valence-electron chi connectivity index (χ2n) is 4.84. The van der Waals surface area contributed by atoms with Gasteiger partial charge in [-0.15, -0.1) is 12.4 Å². The number of benzene rings is 1. The summed E-state index contributed by atoms with van der Waals surface area (Å²) in [6.45, 7) is 5.08. The van der Waals surface area contributed by atoms with Crippen LogP contribution < -0.4 is 10.6 Å². The summed E-state index contributed by atoms with van der Waals surface area (Å²) < 4.78 is 5.36. The average molecular weight is 299 g/mol. The largest absolute Gasteiger partial charge is 0.381 e. The van der Waals surface area contributed by atoms with Crippen molar-refractivity contribution in [1.82, 2.24) is 5.32 Å². The topological polar surface area (TPSA) is 50.4 Å². The van der Waals surface area contributed by atoms with Gasteiger partial charge in [0.2, 0.25) is 5.91 Å². The normalized spacial score (nSPS) is 18.1. The van der Waals surface area contributed by atoms with Crippen molar-refractivity contribution < 1.29 is 9.53 Å². The molecule has 1 amide bonds. The number of rotatable bonds is 5. The molecule has 1 atom stereocenters. The van der Waals surface area contributed by atoms with Gasteiger partial charge in [0.15, 0.2) is 0 Å². The van der Waals surface area contributed by atoms with Crippen LogP contribution in [0.25, 0.3) is 0 Å². The number of anilines is 1. The van der Waals surface area contributed by atoms with Gasteiger partial charge in [-0.25, -0.2) is 0 Å². The fourth-order valence-corrected chi connectivity index (χ4v) is 2.24. The van der Waals surface area contributed by atoms with E-state index >= 15 is 0 Å². The molecule has 20 heavy (non-hydrogen) atoms. The first kappa shape index (κ1) is 17.0. The van der Waals surface area contributed by atoms with Gasteiger partial charge in [0.1, 0.15) is 0 Å². The Hall–Kier alpha value is -1.10. The Morgan fingerprint density at radius 1 is 1.40 bits per heavy atom. The van der Waals surface area contributed by atoms with Gasteiger partial charge in [-0.3, -0.25) is 4.79 Å². The lowest BCUT2D eigenvalue weighted by Gasteiger charge is -2.22. The Labute approximate surface area is 126 Å². The van der Waals surface area contributed by atoms with Crippen LogP contribution in [0.4, 0.5) is 5.69 Å². The second-order valence-corrected chi connectivity index (χ2v) is 4.84. The molecule has 0 radical (unpaired) electrons. The third-order valence-electron chi connectivity index (χ3n) is 3.37. The summed E-state index contributed by atoms with van der Waals surface area (Å²) in [6, 6.07) is 7.93. The number of para-hydroxylation sites is 1. The number of amides is 1. The standard InChI is InChI=1S/C15H22N2O2.ClH/c1-2-16-10-12-6-3-4-8-14(12)17-15(18)13-7-5-9-19-11-13;/h3-4,6,8,13,16H,2,5,7,9-11H2,1H3,(H,17,18);1H. The minimum absolute atomic E-state index is 0. The highest BCUT2D eigenvalue weighted by Gasteiger charge is 2.22. The van der Waals surface area contributed by atoms with E-state index in [1.54, 1.807) is 0 Å². The van der Waals surface area contributed by atoms with Crippen LogP contribution in [0, 0.1) is 5.92 Å². The zero-order valence-corrected chi connectivity index (χ0v) is 12.7. The van der Waals surface area contributed by atoms with Crippen LogP contribution in [0.1, 0.15) is 25.3 Å². The number of nitrogens with one attached hydrogen (secondary N) is 2. The maximum absolute atomic E-state index is 12.2. The van der Waals surface area contributed by atoms with Crippen molar-refractivity contribution in [2.75, 3.05) is 25.1 Å². The summed E-state index contributed by atoms with van der Waals surface area (Å²) in [5.41, 5.74) is 2.02. The van der Waals surface area contributed by atoms with E-state index in [9.17, 15) is 4.79 Å². The Balaban J connectivity index is 0.00000200. The summed E-state index contributed by atoms with van der Waals surface area (Å²) in [6.07, 6.45) is 1.89. The van der Waals surface area contributed by atoms with E-state index in [1.807, 2.05) is 24.3 Å². The van der Waals surface area contributed by atoms with Crippen molar-refractivity contribution in [3.05, 3.63) is 29.8 Å². The molecule has 0 bridgehead atoms. The molecule has 4 nitrogen and oxygen atoms in total. The Bertz CT molecular complexity index is 420. The van der Waals surface area contributed by atoms with E-state index in [2.05, 4.69) is 17.6 Å². The predicted molar refractivity (Wildman–Crippen MR) is 83.2 cm³/mol. The lowest BCUT2D eigenvalue weighted by atomic mass is 10.0. The molecular formula is C15H23ClN2O2. The van der Waals surface area contributed by atoms with E-state index in [-0.39, 0.29) is 24.2 Å². The number of ether oxygens (including phenoxy) is 1. The molecule has 0 aliphatic carbocycles. The van der Waals surface area contributed by atoms with Crippen LogP contribution in [0.15, 0.2) is 24.3 Å². The van der Waals surface area contributed by atoms with Crippen molar-refractivity contribution in [3.63, 3.8) is 0 Å². The van der Waals surface area contributed by atoms with Crippen molar-refractivity contribution in [2.24, 2.45) is 5.92 Å². The summed E-state index contributed by atoms with van der Waals surface area (Å²) in [7, 11) is 0. The molecule has 1 aromatic rings. The molecule has 1 aliphatic rings. The lowest BCUT2D eigenvalue weighted by Crippen LogP contribution is -2.30. The minimum atomic E-state index is -0.0130. The summed E-state index contributed by atoms with van der Waals surface area (Å²) >= 11 is 0. The Morgan fingerprint density at radius 3 is 2.90 bits per heavy atom. The molecule has 2 rings (SSSR count). The molecule has 1 aromatic carbocycles. The van der Waals surface area contributed by atoms with Gasteiger partial charge < -0.3 is 15.4 Å². The highest BCUT2D eigenvalue weighted by molar-refractivity contribution is 5.93. The third-order valence-corrected chi connectivity index (χ3v) is 3.37. The summed E-state index contributed by atoms with van der Waals surface area (Å²) in [4.78, 5) is 12.2. The molecule has 1 heterocycles. The molecule has 1 aliphatic heterocycles. The predicted octanol–water partition coefficient (Wildman–Crippen LogP) is 2.58. The van der Waals surface area contributed by atoms with Crippen molar-refractivity contribution in [1.29, 1.82) is 0 Å². The molecule has 1 fully saturated rings. The van der Waals surface area contributed by atoms with Gasteiger partial charge in [0.05, 0.1) is 12.5 Å². The monoisotopic (exact) mass is 298 g/mol. The van der Waals surface area contributed by atoms with Crippen molar-refractivity contribution in [3.8, 4) is 0 Å². The number of hydrogen-bond donors (Lipinski definition) is 2. The van der Waals surface area contributed by atoms with Crippen LogP contribution in [0.5, 0.6) is 0 Å². The van der Waals surface area contributed by atoms with Crippen LogP contribution in [-0.2, 0) is 16.1 Å². The van der Waals surface area contributed by atoms with Crippen molar-refractivity contribution >= 4 is 24.0 Å². The first-order chi connectivity index (χ1) is 9.31. The summed E-state index contributed by atoms with van der Waals surface area (Å²) in [5.74, 6) is 0.0598. The minimum Gasteiger partial charge on any atom is -0.381 e. The number of carbonyl (C=O) groups excluding carboxylic acids is 1. The number of halogens is 1. The molecular weight excluding hydrogens is 276 g/mol. The highest BCUT2D eigenvalue weighted by atomic mass is 35.5. The number of hydrogen-bond acceptors (Lipinski definition) is 3. The maximum atomic E-state index is 12.2. The van der Waals surface area contributed by atoms with Gasteiger partial charge >= 0.3 is 0 Å². The van der Waals surface area contributed by atoms with Gasteiger partial charge in [-0.2, -0.15) is 0 Å². The van der Waals surface area contributed by atoms with Crippen LogP contribution in [0.3, 0.4) is 0 Å². The smallest absolute Gasteiger partial charge is 0.229 e. The quantitative estimate of drug-likeness (QED) is 0.878. The Morgan fingerprint density at radius 2 is 2.20 bits per heavy atom. The van der Waals surface area contributed by atoms with Gasteiger partial charge in [0, 0.05) is 18.8 Å².